The molecule has 0 aromatic heterocycles. The highest BCUT2D eigenvalue weighted by Crippen LogP contribution is 2.23. The Labute approximate surface area is 109 Å². The van der Waals surface area contributed by atoms with E-state index in [0.717, 1.165) is 5.56 Å². The van der Waals surface area contributed by atoms with E-state index in [9.17, 15) is 13.6 Å². The van der Waals surface area contributed by atoms with Gasteiger partial charge in [-0.3, -0.25) is 4.79 Å². The number of halogens is 2. The fourth-order valence-electron chi connectivity index (χ4n) is 1.80. The summed E-state index contributed by atoms with van der Waals surface area (Å²) < 4.78 is 32.4. The van der Waals surface area contributed by atoms with Gasteiger partial charge >= 0.3 is 0 Å². The van der Waals surface area contributed by atoms with Crippen LogP contribution in [-0.2, 0) is 0 Å². The van der Waals surface area contributed by atoms with Crippen LogP contribution < -0.4 is 4.74 Å². The highest BCUT2D eigenvalue weighted by molar-refractivity contribution is 6.09. The van der Waals surface area contributed by atoms with Crippen molar-refractivity contribution in [1.82, 2.24) is 0 Å². The maximum atomic E-state index is 14.0. The molecule has 0 fully saturated rings. The van der Waals surface area contributed by atoms with E-state index < -0.39 is 17.4 Å². The van der Waals surface area contributed by atoms with Gasteiger partial charge in [0, 0.05) is 0 Å². The van der Waals surface area contributed by atoms with Gasteiger partial charge in [0.15, 0.2) is 17.3 Å². The van der Waals surface area contributed by atoms with Gasteiger partial charge in [-0.15, -0.1) is 0 Å². The van der Waals surface area contributed by atoms with Crippen molar-refractivity contribution in [3.63, 3.8) is 0 Å². The summed E-state index contributed by atoms with van der Waals surface area (Å²) in [5.41, 5.74) is 0.379. The van der Waals surface area contributed by atoms with Gasteiger partial charge < -0.3 is 4.74 Å². The predicted octanol–water partition coefficient (Wildman–Crippen LogP) is 3.51. The van der Waals surface area contributed by atoms with E-state index in [1.807, 2.05) is 0 Å². The molecule has 2 aromatic rings. The molecule has 0 spiro atoms. The average Bonchev–Trinajstić information content (AvgIpc) is 2.41. The van der Waals surface area contributed by atoms with Crippen molar-refractivity contribution in [2.45, 2.75) is 6.92 Å². The van der Waals surface area contributed by atoms with Crippen LogP contribution >= 0.6 is 0 Å². The SMILES string of the molecule is COc1cccc(C(=O)c2cc(C)ccc2F)c1F. The molecule has 19 heavy (non-hydrogen) atoms. The van der Waals surface area contributed by atoms with Crippen LogP contribution in [0.15, 0.2) is 36.4 Å². The largest absolute Gasteiger partial charge is 0.494 e. The topological polar surface area (TPSA) is 26.3 Å². The third-order valence-corrected chi connectivity index (χ3v) is 2.79. The van der Waals surface area contributed by atoms with Gasteiger partial charge in [-0.2, -0.15) is 0 Å². The lowest BCUT2D eigenvalue weighted by molar-refractivity contribution is 0.103. The zero-order chi connectivity index (χ0) is 14.0. The minimum absolute atomic E-state index is 0.0427. The number of methoxy groups -OCH3 is 1. The summed E-state index contributed by atoms with van der Waals surface area (Å²) in [5, 5.41) is 0. The second-order valence-corrected chi connectivity index (χ2v) is 4.13. The van der Waals surface area contributed by atoms with Crippen LogP contribution in [0.2, 0.25) is 0 Å². The Bertz CT molecular complexity index is 636. The van der Waals surface area contributed by atoms with Crippen molar-refractivity contribution in [2.24, 2.45) is 0 Å². The van der Waals surface area contributed by atoms with Gasteiger partial charge in [0.1, 0.15) is 5.82 Å². The Morgan fingerprint density at radius 2 is 1.84 bits per heavy atom. The van der Waals surface area contributed by atoms with Crippen molar-refractivity contribution < 1.29 is 18.3 Å². The number of hydrogen-bond acceptors (Lipinski definition) is 2. The Balaban J connectivity index is 2.53. The molecule has 2 nitrogen and oxygen atoms in total. The summed E-state index contributed by atoms with van der Waals surface area (Å²) in [5.74, 6) is -2.19. The van der Waals surface area contributed by atoms with E-state index in [-0.39, 0.29) is 16.9 Å². The van der Waals surface area contributed by atoms with Crippen molar-refractivity contribution in [3.05, 3.63) is 64.7 Å². The summed E-state index contributed by atoms with van der Waals surface area (Å²) in [6.07, 6.45) is 0. The molecule has 0 radical (unpaired) electrons. The van der Waals surface area contributed by atoms with Crippen LogP contribution in [0, 0.1) is 18.6 Å². The Morgan fingerprint density at radius 3 is 2.53 bits per heavy atom. The standard InChI is InChI=1S/C15H12F2O2/c1-9-6-7-12(16)11(8-9)15(18)10-4-3-5-13(19-2)14(10)17/h3-8H,1-2H3. The lowest BCUT2D eigenvalue weighted by Crippen LogP contribution is -2.08. The van der Waals surface area contributed by atoms with Crippen LogP contribution in [0.1, 0.15) is 21.5 Å². The zero-order valence-electron chi connectivity index (χ0n) is 10.5. The van der Waals surface area contributed by atoms with Crippen LogP contribution in [0.4, 0.5) is 8.78 Å². The number of hydrogen-bond donors (Lipinski definition) is 0. The zero-order valence-corrected chi connectivity index (χ0v) is 10.5. The molecule has 4 heteroatoms. The summed E-state index contributed by atoms with van der Waals surface area (Å²) >= 11 is 0. The Morgan fingerprint density at radius 1 is 1.11 bits per heavy atom. The minimum atomic E-state index is -0.782. The molecular weight excluding hydrogens is 250 g/mol. The molecule has 0 aliphatic rings. The number of carbonyl (C=O) groups is 1. The highest BCUT2D eigenvalue weighted by atomic mass is 19.1. The van der Waals surface area contributed by atoms with E-state index >= 15 is 0 Å². The monoisotopic (exact) mass is 262 g/mol. The predicted molar refractivity (Wildman–Crippen MR) is 67.5 cm³/mol. The smallest absolute Gasteiger partial charge is 0.199 e. The molecule has 0 N–H and O–H groups in total. The molecule has 2 rings (SSSR count). The lowest BCUT2D eigenvalue weighted by Gasteiger charge is -2.08. The third-order valence-electron chi connectivity index (χ3n) is 2.79. The van der Waals surface area contributed by atoms with Crippen LogP contribution in [0.3, 0.4) is 0 Å². The first-order valence-corrected chi connectivity index (χ1v) is 5.68. The molecule has 0 atom stereocenters. The van der Waals surface area contributed by atoms with Crippen LogP contribution in [0.5, 0.6) is 5.75 Å². The van der Waals surface area contributed by atoms with E-state index in [1.165, 1.54) is 37.4 Å². The molecule has 0 aliphatic heterocycles. The maximum absolute atomic E-state index is 14.0. The van der Waals surface area contributed by atoms with E-state index in [1.54, 1.807) is 13.0 Å². The highest BCUT2D eigenvalue weighted by Gasteiger charge is 2.20. The van der Waals surface area contributed by atoms with Crippen molar-refractivity contribution in [1.29, 1.82) is 0 Å². The number of rotatable bonds is 3. The van der Waals surface area contributed by atoms with E-state index in [2.05, 4.69) is 0 Å². The lowest BCUT2D eigenvalue weighted by atomic mass is 10.0. The molecule has 0 saturated carbocycles. The van der Waals surface area contributed by atoms with Crippen molar-refractivity contribution >= 4 is 5.78 Å². The Hall–Kier alpha value is -2.23. The number of ketones is 1. The number of aryl methyl sites for hydroxylation is 1. The second-order valence-electron chi connectivity index (χ2n) is 4.13. The first-order valence-electron chi connectivity index (χ1n) is 5.68. The molecule has 0 aliphatic carbocycles. The molecule has 0 unspecified atom stereocenters. The second kappa shape index (κ2) is 5.18. The van der Waals surface area contributed by atoms with Gasteiger partial charge in [0.2, 0.25) is 0 Å². The summed E-state index contributed by atoms with van der Waals surface area (Å²) in [6.45, 7) is 1.73. The third kappa shape index (κ3) is 2.47. The average molecular weight is 262 g/mol. The normalized spacial score (nSPS) is 10.3. The quantitative estimate of drug-likeness (QED) is 0.791. The molecule has 0 saturated heterocycles. The summed E-state index contributed by atoms with van der Waals surface area (Å²) in [4.78, 5) is 12.2. The maximum Gasteiger partial charge on any atom is 0.199 e. The van der Waals surface area contributed by atoms with Crippen LogP contribution in [0.25, 0.3) is 0 Å². The summed E-state index contributed by atoms with van der Waals surface area (Å²) in [7, 11) is 1.31. The number of ether oxygens (including phenoxy) is 1. The van der Waals surface area contributed by atoms with Gasteiger partial charge in [-0.05, 0) is 31.2 Å². The molecule has 0 bridgehead atoms. The number of carbonyl (C=O) groups excluding carboxylic acids is 1. The number of benzene rings is 2. The van der Waals surface area contributed by atoms with Gasteiger partial charge in [-0.1, -0.05) is 17.7 Å². The fraction of sp³-hybridized carbons (Fsp3) is 0.133. The fourth-order valence-corrected chi connectivity index (χ4v) is 1.80. The summed E-state index contributed by atoms with van der Waals surface area (Å²) in [6, 6.07) is 8.34. The molecular formula is C15H12F2O2. The molecule has 0 amide bonds. The van der Waals surface area contributed by atoms with E-state index in [4.69, 9.17) is 4.74 Å². The van der Waals surface area contributed by atoms with Gasteiger partial charge in [0.25, 0.3) is 0 Å². The van der Waals surface area contributed by atoms with Crippen molar-refractivity contribution in [2.75, 3.05) is 7.11 Å². The molecule has 2 aromatic carbocycles. The minimum Gasteiger partial charge on any atom is -0.494 e. The molecule has 0 heterocycles. The Kier molecular flexibility index (Phi) is 3.60. The van der Waals surface area contributed by atoms with Crippen LogP contribution in [-0.4, -0.2) is 12.9 Å². The van der Waals surface area contributed by atoms with Gasteiger partial charge in [-0.25, -0.2) is 8.78 Å². The molecule has 98 valence electrons. The van der Waals surface area contributed by atoms with E-state index in [0.29, 0.717) is 0 Å². The first kappa shape index (κ1) is 13.2. The van der Waals surface area contributed by atoms with Crippen molar-refractivity contribution in [3.8, 4) is 5.75 Å². The first-order chi connectivity index (χ1) is 9.04. The van der Waals surface area contributed by atoms with Gasteiger partial charge in [0.05, 0.1) is 18.2 Å².